The standard InChI is InChI=1S/C15H17F3N4O4/c1-20(14-13(22(24)25)19-9-21(14)2)7-11(23)8-26-12-5-3-10(4-6-12)15(16,17)18/h3-6,9,11,23H,7-8H2,1-2H3/t11-/m1/s1. The third-order valence-corrected chi connectivity index (χ3v) is 3.53. The van der Waals surface area contributed by atoms with Crippen LogP contribution in [0.3, 0.4) is 0 Å². The summed E-state index contributed by atoms with van der Waals surface area (Å²) in [6.07, 6.45) is -4.18. The first-order valence-electron chi connectivity index (χ1n) is 7.44. The van der Waals surface area contributed by atoms with Gasteiger partial charge >= 0.3 is 12.0 Å². The van der Waals surface area contributed by atoms with Gasteiger partial charge in [-0.1, -0.05) is 0 Å². The average molecular weight is 374 g/mol. The van der Waals surface area contributed by atoms with Gasteiger partial charge in [0, 0.05) is 20.6 Å². The summed E-state index contributed by atoms with van der Waals surface area (Å²) in [4.78, 5) is 15.5. The maximum absolute atomic E-state index is 12.5. The van der Waals surface area contributed by atoms with Crippen LogP contribution in [0.25, 0.3) is 0 Å². The fraction of sp³-hybridized carbons (Fsp3) is 0.400. The van der Waals surface area contributed by atoms with Crippen molar-refractivity contribution < 1.29 is 27.9 Å². The highest BCUT2D eigenvalue weighted by Crippen LogP contribution is 2.30. The summed E-state index contributed by atoms with van der Waals surface area (Å²) in [6, 6.07) is 4.08. The fourth-order valence-electron chi connectivity index (χ4n) is 2.37. The first-order chi connectivity index (χ1) is 12.1. The van der Waals surface area contributed by atoms with Crippen molar-refractivity contribution >= 4 is 11.6 Å². The van der Waals surface area contributed by atoms with Gasteiger partial charge in [-0.3, -0.25) is 4.57 Å². The number of aliphatic hydroxyl groups excluding tert-OH is 1. The van der Waals surface area contributed by atoms with E-state index in [4.69, 9.17) is 4.74 Å². The molecule has 0 radical (unpaired) electrons. The van der Waals surface area contributed by atoms with Crippen molar-refractivity contribution in [1.82, 2.24) is 9.55 Å². The summed E-state index contributed by atoms with van der Waals surface area (Å²) in [5.41, 5.74) is -0.798. The third kappa shape index (κ3) is 4.63. The lowest BCUT2D eigenvalue weighted by Gasteiger charge is -2.22. The summed E-state index contributed by atoms with van der Waals surface area (Å²) >= 11 is 0. The molecule has 0 fully saturated rings. The number of ether oxygens (including phenoxy) is 1. The van der Waals surface area contributed by atoms with E-state index in [9.17, 15) is 28.4 Å². The topological polar surface area (TPSA) is 93.7 Å². The van der Waals surface area contributed by atoms with Gasteiger partial charge < -0.3 is 24.9 Å². The van der Waals surface area contributed by atoms with Gasteiger partial charge in [-0.25, -0.2) is 0 Å². The predicted molar refractivity (Wildman–Crippen MR) is 86.1 cm³/mol. The van der Waals surface area contributed by atoms with Crippen LogP contribution in [0.15, 0.2) is 30.6 Å². The van der Waals surface area contributed by atoms with Crippen LogP contribution in [0.2, 0.25) is 0 Å². The minimum Gasteiger partial charge on any atom is -0.491 e. The maximum Gasteiger partial charge on any atom is 0.416 e. The van der Waals surface area contributed by atoms with Gasteiger partial charge in [-0.2, -0.15) is 13.2 Å². The molecule has 0 unspecified atom stereocenters. The number of imidazole rings is 1. The van der Waals surface area contributed by atoms with Crippen molar-refractivity contribution in [2.45, 2.75) is 12.3 Å². The van der Waals surface area contributed by atoms with E-state index in [0.29, 0.717) is 0 Å². The molecule has 1 N–H and O–H groups in total. The Morgan fingerprint density at radius 1 is 1.38 bits per heavy atom. The Balaban J connectivity index is 1.94. The lowest BCUT2D eigenvalue weighted by molar-refractivity contribution is -0.388. The molecular formula is C15H17F3N4O4. The van der Waals surface area contributed by atoms with Crippen LogP contribution in [0.5, 0.6) is 5.75 Å². The molecule has 0 bridgehead atoms. The van der Waals surface area contributed by atoms with Gasteiger partial charge in [-0.05, 0) is 34.2 Å². The second-order valence-electron chi connectivity index (χ2n) is 5.63. The maximum atomic E-state index is 12.5. The number of aromatic nitrogens is 2. The van der Waals surface area contributed by atoms with Crippen molar-refractivity contribution in [1.29, 1.82) is 0 Å². The number of aliphatic hydroxyl groups is 1. The number of nitro groups is 1. The third-order valence-electron chi connectivity index (χ3n) is 3.53. The zero-order valence-corrected chi connectivity index (χ0v) is 14.0. The number of likely N-dealkylation sites (N-methyl/N-ethyl adjacent to an activating group) is 1. The molecule has 0 aliphatic carbocycles. The summed E-state index contributed by atoms with van der Waals surface area (Å²) in [5, 5.41) is 21.0. The quantitative estimate of drug-likeness (QED) is 0.590. The Morgan fingerprint density at radius 3 is 2.54 bits per heavy atom. The van der Waals surface area contributed by atoms with Crippen molar-refractivity contribution in [3.63, 3.8) is 0 Å². The van der Waals surface area contributed by atoms with Crippen molar-refractivity contribution in [3.8, 4) is 5.75 Å². The normalized spacial score (nSPS) is 12.7. The first kappa shape index (κ1) is 19.5. The lowest BCUT2D eigenvalue weighted by atomic mass is 10.2. The number of nitrogens with zero attached hydrogens (tertiary/aromatic N) is 4. The zero-order chi connectivity index (χ0) is 19.5. The van der Waals surface area contributed by atoms with Crippen molar-refractivity contribution in [2.24, 2.45) is 7.05 Å². The number of anilines is 1. The number of hydrogen-bond donors (Lipinski definition) is 1. The van der Waals surface area contributed by atoms with E-state index in [-0.39, 0.29) is 30.5 Å². The molecule has 1 aromatic heterocycles. The Labute approximate surface area is 146 Å². The zero-order valence-electron chi connectivity index (χ0n) is 14.0. The summed E-state index contributed by atoms with van der Waals surface area (Å²) in [5.74, 6) is 0.0423. The van der Waals surface area contributed by atoms with Gasteiger partial charge in [-0.15, -0.1) is 0 Å². The molecule has 0 aliphatic heterocycles. The minimum absolute atomic E-state index is 0.00100. The molecule has 11 heteroatoms. The van der Waals surface area contributed by atoms with E-state index in [2.05, 4.69) is 4.98 Å². The predicted octanol–water partition coefficient (Wildman–Crippen LogP) is 2.22. The molecule has 0 spiro atoms. The van der Waals surface area contributed by atoms with Gasteiger partial charge in [0.1, 0.15) is 18.5 Å². The van der Waals surface area contributed by atoms with Crippen LogP contribution in [0.4, 0.5) is 24.8 Å². The van der Waals surface area contributed by atoms with Crippen molar-refractivity contribution in [2.75, 3.05) is 25.1 Å². The second-order valence-corrected chi connectivity index (χ2v) is 5.63. The van der Waals surface area contributed by atoms with E-state index in [1.807, 2.05) is 0 Å². The fourth-order valence-corrected chi connectivity index (χ4v) is 2.37. The number of alkyl halides is 3. The lowest BCUT2D eigenvalue weighted by Crippen LogP contribution is -2.34. The molecule has 0 aliphatic rings. The first-order valence-corrected chi connectivity index (χ1v) is 7.44. The molecule has 0 saturated carbocycles. The second kappa shape index (κ2) is 7.60. The Bertz CT molecular complexity index is 761. The van der Waals surface area contributed by atoms with Crippen LogP contribution in [-0.4, -0.2) is 45.9 Å². The van der Waals surface area contributed by atoms with Gasteiger partial charge in [0.2, 0.25) is 12.1 Å². The molecule has 8 nitrogen and oxygen atoms in total. The summed E-state index contributed by atoms with van der Waals surface area (Å²) in [7, 11) is 3.13. The monoisotopic (exact) mass is 374 g/mol. The highest BCUT2D eigenvalue weighted by atomic mass is 19.4. The molecule has 142 valence electrons. The molecule has 1 heterocycles. The molecule has 0 saturated heterocycles. The summed E-state index contributed by atoms with van der Waals surface area (Å²) in [6.45, 7) is -0.192. The Hall–Kier alpha value is -2.82. The highest BCUT2D eigenvalue weighted by Gasteiger charge is 2.30. The average Bonchev–Trinajstić information content (AvgIpc) is 2.94. The van der Waals surface area contributed by atoms with Crippen LogP contribution in [0, 0.1) is 10.1 Å². The minimum atomic E-state index is -4.43. The van der Waals surface area contributed by atoms with Crippen LogP contribution in [-0.2, 0) is 13.2 Å². The largest absolute Gasteiger partial charge is 0.491 e. The number of hydrogen-bond acceptors (Lipinski definition) is 6. The van der Waals surface area contributed by atoms with Crippen molar-refractivity contribution in [3.05, 3.63) is 46.3 Å². The highest BCUT2D eigenvalue weighted by molar-refractivity contribution is 5.54. The molecule has 26 heavy (non-hydrogen) atoms. The number of rotatable bonds is 7. The van der Waals surface area contributed by atoms with E-state index in [1.54, 1.807) is 14.1 Å². The van der Waals surface area contributed by atoms with Gasteiger partial charge in [0.05, 0.1) is 5.56 Å². The van der Waals surface area contributed by atoms with Gasteiger partial charge in [0.15, 0.2) is 0 Å². The number of halogens is 3. The van der Waals surface area contributed by atoms with Gasteiger partial charge in [0.25, 0.3) is 0 Å². The number of aryl methyl sites for hydroxylation is 1. The SMILES string of the molecule is CN(C[C@@H](O)COc1ccc(C(F)(F)F)cc1)c1c([N+](=O)[O-])ncn1C. The van der Waals surface area contributed by atoms with E-state index in [1.165, 1.54) is 15.8 Å². The molecule has 2 rings (SSSR count). The van der Waals surface area contributed by atoms with E-state index in [0.717, 1.165) is 24.3 Å². The summed E-state index contributed by atoms with van der Waals surface area (Å²) < 4.78 is 44.2. The molecule has 0 amide bonds. The Morgan fingerprint density at radius 2 is 2.00 bits per heavy atom. The molecular weight excluding hydrogens is 357 g/mol. The van der Waals surface area contributed by atoms with E-state index < -0.39 is 22.8 Å². The molecule has 1 aromatic carbocycles. The smallest absolute Gasteiger partial charge is 0.416 e. The van der Waals surface area contributed by atoms with Crippen LogP contribution >= 0.6 is 0 Å². The van der Waals surface area contributed by atoms with E-state index >= 15 is 0 Å². The Kier molecular flexibility index (Phi) is 5.70. The van der Waals surface area contributed by atoms with Crippen LogP contribution in [0.1, 0.15) is 5.56 Å². The van der Waals surface area contributed by atoms with Crippen LogP contribution < -0.4 is 9.64 Å². The number of benzene rings is 1. The molecule has 1 atom stereocenters. The molecule has 2 aromatic rings.